The van der Waals surface area contributed by atoms with Crippen molar-refractivity contribution in [3.8, 4) is 0 Å². The first kappa shape index (κ1) is 23.1. The van der Waals surface area contributed by atoms with Gasteiger partial charge in [-0.3, -0.25) is 9.69 Å². The van der Waals surface area contributed by atoms with Gasteiger partial charge < -0.3 is 14.8 Å². The van der Waals surface area contributed by atoms with E-state index in [4.69, 9.17) is 9.47 Å². The van der Waals surface area contributed by atoms with Crippen LogP contribution >= 0.6 is 0 Å². The van der Waals surface area contributed by atoms with Crippen LogP contribution in [0.5, 0.6) is 0 Å². The van der Waals surface area contributed by atoms with Gasteiger partial charge in [0, 0.05) is 12.8 Å². The Kier molecular flexibility index (Phi) is 5.81. The van der Waals surface area contributed by atoms with E-state index in [2.05, 4.69) is 16.9 Å². The third-order valence-corrected chi connectivity index (χ3v) is 5.22. The number of hydrogen-bond acceptors (Lipinski definition) is 5. The summed E-state index contributed by atoms with van der Waals surface area (Å²) in [5.41, 5.74) is -2.22. The molecule has 2 fully saturated rings. The molecule has 1 aromatic heterocycles. The first-order chi connectivity index (χ1) is 14.3. The van der Waals surface area contributed by atoms with Crippen molar-refractivity contribution in [1.29, 1.82) is 0 Å². The van der Waals surface area contributed by atoms with E-state index in [1.807, 2.05) is 0 Å². The summed E-state index contributed by atoms with van der Waals surface area (Å²) < 4.78 is 50.3. The van der Waals surface area contributed by atoms with E-state index in [0.29, 0.717) is 12.0 Å². The highest BCUT2D eigenvalue weighted by atomic mass is 19.4. The molecular weight excluding hydrogens is 415 g/mol. The summed E-state index contributed by atoms with van der Waals surface area (Å²) in [5, 5.41) is 2.45. The van der Waals surface area contributed by atoms with E-state index in [0.717, 1.165) is 6.07 Å². The highest BCUT2D eigenvalue weighted by molar-refractivity contribution is 5.97. The smallest absolute Gasteiger partial charge is 0.433 e. The van der Waals surface area contributed by atoms with Gasteiger partial charge in [-0.2, -0.15) is 13.2 Å². The second-order valence-corrected chi connectivity index (χ2v) is 8.84. The molecule has 0 aromatic carbocycles. The minimum Gasteiger partial charge on any atom is -0.444 e. The largest absolute Gasteiger partial charge is 0.444 e. The Balaban J connectivity index is 1.84. The van der Waals surface area contributed by atoms with Gasteiger partial charge in [0.2, 0.25) is 5.91 Å². The number of fused-ring (bicyclic) bond motifs is 1. The van der Waals surface area contributed by atoms with Gasteiger partial charge in [-0.15, -0.1) is 6.58 Å². The Morgan fingerprint density at radius 3 is 2.58 bits per heavy atom. The van der Waals surface area contributed by atoms with Gasteiger partial charge in [0.25, 0.3) is 0 Å². The van der Waals surface area contributed by atoms with Gasteiger partial charge in [0.1, 0.15) is 23.2 Å². The van der Waals surface area contributed by atoms with E-state index in [-0.39, 0.29) is 24.9 Å². The van der Waals surface area contributed by atoms with Crippen molar-refractivity contribution in [3.05, 3.63) is 36.0 Å². The number of nitrogens with one attached hydrogen (secondary N) is 1. The van der Waals surface area contributed by atoms with Gasteiger partial charge in [-0.1, -0.05) is 12.1 Å². The molecule has 1 aliphatic heterocycles. The number of aryl methyl sites for hydroxylation is 1. The molecule has 0 unspecified atom stereocenters. The van der Waals surface area contributed by atoms with Crippen molar-refractivity contribution >= 4 is 17.8 Å². The predicted molar refractivity (Wildman–Crippen MR) is 106 cm³/mol. The normalized spacial score (nSPS) is 25.1. The van der Waals surface area contributed by atoms with Crippen LogP contribution in [0.2, 0.25) is 0 Å². The lowest BCUT2D eigenvalue weighted by molar-refractivity contribution is -0.141. The van der Waals surface area contributed by atoms with Crippen LogP contribution < -0.4 is 5.32 Å². The second kappa shape index (κ2) is 7.81. The first-order valence-electron chi connectivity index (χ1n) is 9.89. The zero-order chi connectivity index (χ0) is 23.2. The fraction of sp³-hybridized carbons (Fsp3) is 0.571. The molecule has 2 heterocycles. The zero-order valence-corrected chi connectivity index (χ0v) is 17.9. The molecule has 2 amide bonds. The van der Waals surface area contributed by atoms with Gasteiger partial charge in [0.15, 0.2) is 0 Å². The summed E-state index contributed by atoms with van der Waals surface area (Å²) in [7, 11) is 0. The quantitative estimate of drug-likeness (QED) is 0.697. The van der Waals surface area contributed by atoms with Crippen LogP contribution in [0.25, 0.3) is 0 Å². The van der Waals surface area contributed by atoms with Crippen LogP contribution in [-0.4, -0.2) is 51.8 Å². The average Bonchev–Trinajstić information content (AvgIpc) is 3.23. The standard InChI is InChI=1S/C21H26F3N3O4/c1-6-9-30-20-10-13(27(15(20)11-20)18(29)31-19(3,4)5)17(28)26-16-12(2)7-8-14(25-16)21(22,23)24/h6-8,13,15H,1,9-11H2,2-5H3,(H,25,26,28)/t13-,15+,20+/m0/s1. The van der Waals surface area contributed by atoms with Crippen molar-refractivity contribution in [3.63, 3.8) is 0 Å². The van der Waals surface area contributed by atoms with Crippen LogP contribution in [0.4, 0.5) is 23.8 Å². The van der Waals surface area contributed by atoms with E-state index in [9.17, 15) is 22.8 Å². The van der Waals surface area contributed by atoms with Crippen molar-refractivity contribution in [2.24, 2.45) is 0 Å². The highest BCUT2D eigenvalue weighted by Crippen LogP contribution is 2.55. The number of carbonyl (C=O) groups is 2. The molecule has 2 aliphatic rings. The van der Waals surface area contributed by atoms with Crippen LogP contribution in [0.1, 0.15) is 44.9 Å². The third kappa shape index (κ3) is 4.84. The highest BCUT2D eigenvalue weighted by Gasteiger charge is 2.69. The summed E-state index contributed by atoms with van der Waals surface area (Å²) in [6, 6.07) is 0.765. The van der Waals surface area contributed by atoms with Gasteiger partial charge in [-0.05, 0) is 39.3 Å². The topological polar surface area (TPSA) is 80.8 Å². The second-order valence-electron chi connectivity index (χ2n) is 8.84. The fourth-order valence-electron chi connectivity index (χ4n) is 3.72. The summed E-state index contributed by atoms with van der Waals surface area (Å²) in [6.07, 6.45) is -2.99. The molecule has 31 heavy (non-hydrogen) atoms. The average molecular weight is 441 g/mol. The SMILES string of the molecule is C=CCO[C@@]12C[C@@H](C(=O)Nc3nc(C(F)(F)F)ccc3C)N(C(=O)OC(C)(C)C)[C@@H]1C2. The van der Waals surface area contributed by atoms with Crippen molar-refractivity contribution in [2.45, 2.75) is 70.0 Å². The van der Waals surface area contributed by atoms with Gasteiger partial charge in [0.05, 0.1) is 18.2 Å². The van der Waals surface area contributed by atoms with Crippen molar-refractivity contribution in [2.75, 3.05) is 11.9 Å². The number of amides is 2. The Bertz CT molecular complexity index is 897. The van der Waals surface area contributed by atoms with Crippen LogP contribution in [0.15, 0.2) is 24.8 Å². The van der Waals surface area contributed by atoms with Crippen LogP contribution in [0.3, 0.4) is 0 Å². The number of nitrogens with zero attached hydrogens (tertiary/aromatic N) is 2. The molecular formula is C21H26F3N3O4. The fourth-order valence-corrected chi connectivity index (χ4v) is 3.72. The molecule has 3 rings (SSSR count). The summed E-state index contributed by atoms with van der Waals surface area (Å²) in [4.78, 5) is 30.7. The molecule has 170 valence electrons. The molecule has 1 saturated carbocycles. The van der Waals surface area contributed by atoms with Crippen molar-refractivity contribution < 1.29 is 32.2 Å². The Morgan fingerprint density at radius 2 is 2.00 bits per heavy atom. The number of halogens is 3. The van der Waals surface area contributed by atoms with E-state index in [1.54, 1.807) is 26.8 Å². The number of pyridine rings is 1. The molecule has 1 saturated heterocycles. The number of alkyl halides is 3. The maximum atomic E-state index is 13.0. The molecule has 7 nitrogen and oxygen atoms in total. The number of aromatic nitrogens is 1. The number of likely N-dealkylation sites (tertiary alicyclic amines) is 1. The molecule has 1 aromatic rings. The maximum Gasteiger partial charge on any atom is 0.433 e. The molecule has 10 heteroatoms. The Morgan fingerprint density at radius 1 is 1.32 bits per heavy atom. The minimum absolute atomic E-state index is 0.203. The number of carbonyl (C=O) groups excluding carboxylic acids is 2. The lowest BCUT2D eigenvalue weighted by Gasteiger charge is -2.29. The van der Waals surface area contributed by atoms with Gasteiger partial charge in [-0.25, -0.2) is 9.78 Å². The molecule has 0 bridgehead atoms. The Hall–Kier alpha value is -2.62. The molecule has 0 spiro atoms. The summed E-state index contributed by atoms with van der Waals surface area (Å²) in [5.74, 6) is -0.847. The van der Waals surface area contributed by atoms with Crippen LogP contribution in [-0.2, 0) is 20.4 Å². The monoisotopic (exact) mass is 441 g/mol. The van der Waals surface area contributed by atoms with Crippen molar-refractivity contribution in [1.82, 2.24) is 9.88 Å². The lowest BCUT2D eigenvalue weighted by Crippen LogP contribution is -2.47. The Labute approximate surface area is 178 Å². The molecule has 3 atom stereocenters. The first-order valence-corrected chi connectivity index (χ1v) is 9.89. The van der Waals surface area contributed by atoms with E-state index in [1.165, 1.54) is 17.9 Å². The summed E-state index contributed by atoms with van der Waals surface area (Å²) >= 11 is 0. The number of piperidine rings is 1. The molecule has 1 aliphatic carbocycles. The number of rotatable bonds is 5. The lowest BCUT2D eigenvalue weighted by atomic mass is 10.1. The van der Waals surface area contributed by atoms with E-state index >= 15 is 0 Å². The number of anilines is 1. The number of ether oxygens (including phenoxy) is 2. The zero-order valence-electron chi connectivity index (χ0n) is 17.9. The maximum absolute atomic E-state index is 13.0. The molecule has 0 radical (unpaired) electrons. The summed E-state index contributed by atoms with van der Waals surface area (Å²) in [6.45, 7) is 10.5. The number of hydrogen-bond donors (Lipinski definition) is 1. The minimum atomic E-state index is -4.65. The van der Waals surface area contributed by atoms with Gasteiger partial charge >= 0.3 is 12.3 Å². The van der Waals surface area contributed by atoms with E-state index < -0.39 is 41.1 Å². The van der Waals surface area contributed by atoms with Crippen LogP contribution in [0, 0.1) is 6.92 Å². The predicted octanol–water partition coefficient (Wildman–Crippen LogP) is 4.07. The molecule has 1 N–H and O–H groups in total. The third-order valence-electron chi connectivity index (χ3n) is 5.22.